The van der Waals surface area contributed by atoms with Crippen LogP contribution in [0.4, 0.5) is 5.69 Å². The number of nitrogens with two attached hydrogens (primary N) is 1. The van der Waals surface area contributed by atoms with E-state index in [4.69, 9.17) is 15.6 Å². The number of aliphatic hydroxyl groups is 1. The van der Waals surface area contributed by atoms with Gasteiger partial charge in [-0.15, -0.1) is 5.10 Å². The van der Waals surface area contributed by atoms with E-state index in [0.29, 0.717) is 30.1 Å². The number of ether oxygens (including phenoxy) is 1. The van der Waals surface area contributed by atoms with Crippen molar-refractivity contribution in [2.75, 3.05) is 25.6 Å². The molecule has 0 saturated heterocycles. The van der Waals surface area contributed by atoms with E-state index >= 15 is 0 Å². The number of aromatic nitrogens is 3. The molecule has 0 bridgehead atoms. The van der Waals surface area contributed by atoms with Crippen molar-refractivity contribution in [3.05, 3.63) is 30.0 Å². The summed E-state index contributed by atoms with van der Waals surface area (Å²) in [5, 5.41) is 25.4. The molecule has 2 aromatic rings. The highest BCUT2D eigenvalue weighted by Crippen LogP contribution is 2.23. The van der Waals surface area contributed by atoms with E-state index in [9.17, 15) is 9.90 Å². The van der Waals surface area contributed by atoms with Crippen molar-refractivity contribution < 1.29 is 19.7 Å². The molecule has 0 radical (unpaired) electrons. The van der Waals surface area contributed by atoms with Gasteiger partial charge in [-0.2, -0.15) is 0 Å². The summed E-state index contributed by atoms with van der Waals surface area (Å²) in [6.45, 7) is 0.783. The Kier molecular flexibility index (Phi) is 4.85. The monoisotopic (exact) mass is 292 g/mol. The predicted octanol–water partition coefficient (Wildman–Crippen LogP) is 0.234. The van der Waals surface area contributed by atoms with Crippen LogP contribution in [-0.2, 0) is 11.3 Å². The van der Waals surface area contributed by atoms with Crippen LogP contribution in [-0.4, -0.2) is 51.0 Å². The van der Waals surface area contributed by atoms with E-state index in [1.165, 1.54) is 4.68 Å². The van der Waals surface area contributed by atoms with Crippen LogP contribution in [0.25, 0.3) is 11.3 Å². The van der Waals surface area contributed by atoms with Crippen molar-refractivity contribution in [2.24, 2.45) is 0 Å². The van der Waals surface area contributed by atoms with Gasteiger partial charge in [-0.1, -0.05) is 17.3 Å². The molecule has 0 amide bonds. The lowest BCUT2D eigenvalue weighted by atomic mass is 10.1. The molecule has 0 aliphatic carbocycles. The Bertz CT molecular complexity index is 609. The molecule has 4 N–H and O–H groups in total. The number of nitrogen functional groups attached to an aromatic ring is 1. The van der Waals surface area contributed by atoms with Crippen molar-refractivity contribution in [1.29, 1.82) is 0 Å². The lowest BCUT2D eigenvalue weighted by molar-refractivity contribution is 0.0691. The summed E-state index contributed by atoms with van der Waals surface area (Å²) in [6, 6.07) is 6.79. The minimum atomic E-state index is -1.15. The Labute approximate surface area is 120 Å². The minimum absolute atomic E-state index is 0.0669. The van der Waals surface area contributed by atoms with Gasteiger partial charge in [0, 0.05) is 11.3 Å². The molecule has 1 aromatic carbocycles. The van der Waals surface area contributed by atoms with Gasteiger partial charge in [0.15, 0.2) is 5.69 Å². The zero-order valence-electron chi connectivity index (χ0n) is 11.3. The van der Waals surface area contributed by atoms with E-state index in [1.54, 1.807) is 24.3 Å². The molecule has 8 heteroatoms. The molecule has 2 rings (SSSR count). The van der Waals surface area contributed by atoms with Gasteiger partial charge in [0.25, 0.3) is 0 Å². The molecule has 1 heterocycles. The summed E-state index contributed by atoms with van der Waals surface area (Å²) < 4.78 is 6.63. The van der Waals surface area contributed by atoms with Crippen LogP contribution in [0.5, 0.6) is 0 Å². The van der Waals surface area contributed by atoms with Gasteiger partial charge in [0.05, 0.1) is 26.4 Å². The fourth-order valence-corrected chi connectivity index (χ4v) is 1.86. The van der Waals surface area contributed by atoms with Crippen molar-refractivity contribution in [3.63, 3.8) is 0 Å². The van der Waals surface area contributed by atoms with E-state index in [2.05, 4.69) is 10.3 Å². The van der Waals surface area contributed by atoms with Crippen LogP contribution in [0.15, 0.2) is 24.3 Å². The predicted molar refractivity (Wildman–Crippen MR) is 74.7 cm³/mol. The van der Waals surface area contributed by atoms with Crippen LogP contribution in [0.2, 0.25) is 0 Å². The zero-order chi connectivity index (χ0) is 15.2. The summed E-state index contributed by atoms with van der Waals surface area (Å²) in [5.41, 5.74) is 7.15. The Balaban J connectivity index is 2.29. The highest BCUT2D eigenvalue weighted by Gasteiger charge is 2.20. The number of nitrogens with zero attached hydrogens (tertiary/aromatic N) is 3. The second kappa shape index (κ2) is 6.82. The standard InChI is InChI=1S/C13H16N4O4/c14-10-3-1-9(2-4-10)12-11(13(19)20)15-16-17(12)5-7-21-8-6-18/h1-4,18H,5-8,14H2,(H,19,20). The van der Waals surface area contributed by atoms with E-state index in [-0.39, 0.29) is 18.9 Å². The second-order valence-corrected chi connectivity index (χ2v) is 4.27. The van der Waals surface area contributed by atoms with Gasteiger partial charge in [-0.25, -0.2) is 9.48 Å². The van der Waals surface area contributed by atoms with Crippen molar-refractivity contribution in [3.8, 4) is 11.3 Å². The molecule has 112 valence electrons. The number of carboxylic acids is 1. The molecular formula is C13H16N4O4. The largest absolute Gasteiger partial charge is 0.476 e. The van der Waals surface area contributed by atoms with Crippen molar-refractivity contribution in [2.45, 2.75) is 6.54 Å². The number of hydrogen-bond donors (Lipinski definition) is 3. The van der Waals surface area contributed by atoms with Gasteiger partial charge in [0.2, 0.25) is 0 Å². The SMILES string of the molecule is Nc1ccc(-c2c(C(=O)O)nnn2CCOCCO)cc1. The lowest BCUT2D eigenvalue weighted by Crippen LogP contribution is -2.11. The van der Waals surface area contributed by atoms with Gasteiger partial charge in [-0.3, -0.25) is 0 Å². The lowest BCUT2D eigenvalue weighted by Gasteiger charge is -2.08. The van der Waals surface area contributed by atoms with Crippen molar-refractivity contribution in [1.82, 2.24) is 15.0 Å². The van der Waals surface area contributed by atoms with Gasteiger partial charge in [0.1, 0.15) is 5.69 Å². The fraction of sp³-hybridized carbons (Fsp3) is 0.308. The highest BCUT2D eigenvalue weighted by molar-refractivity contribution is 5.92. The van der Waals surface area contributed by atoms with Gasteiger partial charge < -0.3 is 20.7 Å². The maximum absolute atomic E-state index is 11.2. The Morgan fingerprint density at radius 2 is 2.00 bits per heavy atom. The minimum Gasteiger partial charge on any atom is -0.476 e. The number of carbonyl (C=O) groups is 1. The summed E-state index contributed by atoms with van der Waals surface area (Å²) in [7, 11) is 0. The molecule has 0 atom stereocenters. The quantitative estimate of drug-likeness (QED) is 0.493. The number of aromatic carboxylic acids is 1. The zero-order valence-corrected chi connectivity index (χ0v) is 11.3. The normalized spacial score (nSPS) is 10.7. The molecule has 0 aliphatic heterocycles. The number of anilines is 1. The molecule has 0 unspecified atom stereocenters. The Morgan fingerprint density at radius 3 is 2.62 bits per heavy atom. The molecule has 21 heavy (non-hydrogen) atoms. The molecule has 0 fully saturated rings. The van der Waals surface area contributed by atoms with Crippen LogP contribution < -0.4 is 5.73 Å². The third-order valence-electron chi connectivity index (χ3n) is 2.80. The summed E-state index contributed by atoms with van der Waals surface area (Å²) in [5.74, 6) is -1.15. The molecule has 0 saturated carbocycles. The Morgan fingerprint density at radius 1 is 1.29 bits per heavy atom. The average molecular weight is 292 g/mol. The van der Waals surface area contributed by atoms with E-state index in [0.717, 1.165) is 0 Å². The van der Waals surface area contributed by atoms with E-state index < -0.39 is 5.97 Å². The second-order valence-electron chi connectivity index (χ2n) is 4.27. The number of hydrogen-bond acceptors (Lipinski definition) is 6. The molecule has 0 aliphatic rings. The third kappa shape index (κ3) is 3.56. The topological polar surface area (TPSA) is 123 Å². The van der Waals surface area contributed by atoms with Gasteiger partial charge in [-0.05, 0) is 12.1 Å². The molecule has 0 spiro atoms. The highest BCUT2D eigenvalue weighted by atomic mass is 16.5. The maximum atomic E-state index is 11.2. The number of rotatable bonds is 7. The van der Waals surface area contributed by atoms with Crippen LogP contribution >= 0.6 is 0 Å². The average Bonchev–Trinajstić information content (AvgIpc) is 2.88. The van der Waals surface area contributed by atoms with Crippen LogP contribution in [0.3, 0.4) is 0 Å². The summed E-state index contributed by atoms with van der Waals surface area (Å²) in [6.07, 6.45) is 0. The molecular weight excluding hydrogens is 276 g/mol. The first-order valence-corrected chi connectivity index (χ1v) is 6.34. The first-order chi connectivity index (χ1) is 10.1. The molecule has 1 aromatic heterocycles. The fourth-order valence-electron chi connectivity index (χ4n) is 1.86. The number of carboxylic acid groups (broad SMARTS) is 1. The smallest absolute Gasteiger partial charge is 0.358 e. The van der Waals surface area contributed by atoms with E-state index in [1.807, 2.05) is 0 Å². The molecule has 8 nitrogen and oxygen atoms in total. The summed E-state index contributed by atoms with van der Waals surface area (Å²) in [4.78, 5) is 11.2. The number of aliphatic hydroxyl groups excluding tert-OH is 1. The maximum Gasteiger partial charge on any atom is 0.358 e. The first kappa shape index (κ1) is 14.9. The summed E-state index contributed by atoms with van der Waals surface area (Å²) >= 11 is 0. The third-order valence-corrected chi connectivity index (χ3v) is 2.80. The van der Waals surface area contributed by atoms with Crippen LogP contribution in [0, 0.1) is 0 Å². The number of benzene rings is 1. The van der Waals surface area contributed by atoms with Gasteiger partial charge >= 0.3 is 5.97 Å². The Hall–Kier alpha value is -2.45. The van der Waals surface area contributed by atoms with Crippen molar-refractivity contribution >= 4 is 11.7 Å². The van der Waals surface area contributed by atoms with Crippen LogP contribution in [0.1, 0.15) is 10.5 Å². The first-order valence-electron chi connectivity index (χ1n) is 6.34.